The zero-order chi connectivity index (χ0) is 13.2. The maximum atomic E-state index is 11.4. The molecule has 0 fully saturated rings. The zero-order valence-corrected chi connectivity index (χ0v) is 10.7. The Balaban J connectivity index is 2.22. The smallest absolute Gasteiger partial charge is 0.311 e. The van der Waals surface area contributed by atoms with Crippen molar-refractivity contribution in [3.63, 3.8) is 0 Å². The lowest BCUT2D eigenvalue weighted by atomic mass is 9.87. The second kappa shape index (κ2) is 4.64. The Hall–Kier alpha value is -2.10. The highest BCUT2D eigenvalue weighted by Crippen LogP contribution is 2.25. The van der Waals surface area contributed by atoms with Gasteiger partial charge in [0, 0.05) is 12.4 Å². The summed E-state index contributed by atoms with van der Waals surface area (Å²) < 4.78 is 5.42. The Morgan fingerprint density at radius 2 is 1.83 bits per heavy atom. The van der Waals surface area contributed by atoms with Gasteiger partial charge in [0.05, 0.1) is 0 Å². The summed E-state index contributed by atoms with van der Waals surface area (Å²) in [5.41, 5.74) is 0.975. The average Bonchev–Trinajstić information content (AvgIpc) is 2.32. The Kier molecular flexibility index (Phi) is 3.19. The van der Waals surface area contributed by atoms with Crippen molar-refractivity contribution in [1.82, 2.24) is 9.97 Å². The lowest BCUT2D eigenvalue weighted by Gasteiger charge is -2.18. The first-order valence-electron chi connectivity index (χ1n) is 5.79. The van der Waals surface area contributed by atoms with Crippen molar-refractivity contribution >= 4 is 0 Å². The first-order chi connectivity index (χ1) is 8.47. The van der Waals surface area contributed by atoms with Crippen molar-refractivity contribution < 1.29 is 4.74 Å². The summed E-state index contributed by atoms with van der Waals surface area (Å²) in [6.07, 6.45) is 2.96. The highest BCUT2D eigenvalue weighted by molar-refractivity contribution is 5.32. The number of aromatic nitrogens is 2. The standard InChI is InChI=1S/C14H16N2O2/c1-14(2,3)10-4-6-11(7-5-10)18-13-12(17)15-8-9-16-13/h4-9H,1-3H3,(H,15,17). The van der Waals surface area contributed by atoms with Gasteiger partial charge in [-0.1, -0.05) is 32.9 Å². The minimum Gasteiger partial charge on any atom is -0.435 e. The molecule has 0 unspecified atom stereocenters. The lowest BCUT2D eigenvalue weighted by molar-refractivity contribution is 0.453. The number of nitrogens with zero attached hydrogens (tertiary/aromatic N) is 1. The molecule has 0 spiro atoms. The van der Waals surface area contributed by atoms with Gasteiger partial charge in [-0.25, -0.2) is 4.98 Å². The van der Waals surface area contributed by atoms with Crippen LogP contribution in [0.1, 0.15) is 26.3 Å². The molecule has 0 bridgehead atoms. The van der Waals surface area contributed by atoms with Crippen LogP contribution in [0.15, 0.2) is 41.5 Å². The molecule has 1 aromatic carbocycles. The minimum atomic E-state index is -0.336. The van der Waals surface area contributed by atoms with Crippen LogP contribution in [-0.2, 0) is 5.41 Å². The summed E-state index contributed by atoms with van der Waals surface area (Å²) in [5.74, 6) is 0.660. The summed E-state index contributed by atoms with van der Waals surface area (Å²) >= 11 is 0. The van der Waals surface area contributed by atoms with Crippen LogP contribution in [0.3, 0.4) is 0 Å². The Bertz CT molecular complexity index is 580. The normalized spacial score (nSPS) is 11.3. The Labute approximate surface area is 106 Å². The molecular weight excluding hydrogens is 228 g/mol. The number of hydrogen-bond acceptors (Lipinski definition) is 3. The fraction of sp³-hybridized carbons (Fsp3) is 0.286. The second-order valence-corrected chi connectivity index (χ2v) is 5.10. The molecule has 1 N–H and O–H groups in total. The molecule has 2 aromatic rings. The van der Waals surface area contributed by atoms with E-state index in [0.717, 1.165) is 0 Å². The van der Waals surface area contributed by atoms with Gasteiger partial charge in [0.1, 0.15) is 5.75 Å². The summed E-state index contributed by atoms with van der Waals surface area (Å²) in [7, 11) is 0. The molecule has 0 aliphatic heterocycles. The summed E-state index contributed by atoms with van der Waals surface area (Å²) in [6, 6.07) is 7.67. The van der Waals surface area contributed by atoms with E-state index in [0.29, 0.717) is 5.75 Å². The predicted molar refractivity (Wildman–Crippen MR) is 70.1 cm³/mol. The van der Waals surface area contributed by atoms with E-state index < -0.39 is 0 Å². The topological polar surface area (TPSA) is 55.0 Å². The number of H-pyrrole nitrogens is 1. The number of hydrogen-bond donors (Lipinski definition) is 1. The third kappa shape index (κ3) is 2.77. The van der Waals surface area contributed by atoms with Crippen molar-refractivity contribution in [3.05, 3.63) is 52.6 Å². The Morgan fingerprint density at radius 3 is 2.39 bits per heavy atom. The lowest BCUT2D eigenvalue weighted by Crippen LogP contribution is -2.11. The van der Waals surface area contributed by atoms with Crippen molar-refractivity contribution in [2.45, 2.75) is 26.2 Å². The molecule has 1 aromatic heterocycles. The van der Waals surface area contributed by atoms with Crippen LogP contribution in [0.25, 0.3) is 0 Å². The van der Waals surface area contributed by atoms with Gasteiger partial charge in [0.2, 0.25) is 0 Å². The highest BCUT2D eigenvalue weighted by Gasteiger charge is 2.13. The Morgan fingerprint density at radius 1 is 1.17 bits per heavy atom. The predicted octanol–water partition coefficient (Wildman–Crippen LogP) is 2.86. The fourth-order valence-corrected chi connectivity index (χ4v) is 1.55. The van der Waals surface area contributed by atoms with E-state index in [1.54, 1.807) is 0 Å². The molecule has 0 aliphatic rings. The third-order valence-electron chi connectivity index (χ3n) is 2.61. The van der Waals surface area contributed by atoms with Gasteiger partial charge in [-0.2, -0.15) is 0 Å². The monoisotopic (exact) mass is 244 g/mol. The largest absolute Gasteiger partial charge is 0.435 e. The fourth-order valence-electron chi connectivity index (χ4n) is 1.55. The SMILES string of the molecule is CC(C)(C)c1ccc(Oc2ncc[nH]c2=O)cc1. The van der Waals surface area contributed by atoms with E-state index in [1.165, 1.54) is 18.0 Å². The molecule has 0 saturated carbocycles. The van der Waals surface area contributed by atoms with Crippen LogP contribution in [0.2, 0.25) is 0 Å². The number of rotatable bonds is 2. The zero-order valence-electron chi connectivity index (χ0n) is 10.7. The van der Waals surface area contributed by atoms with E-state index in [-0.39, 0.29) is 16.9 Å². The van der Waals surface area contributed by atoms with Gasteiger partial charge in [-0.3, -0.25) is 4.79 Å². The molecule has 0 amide bonds. The van der Waals surface area contributed by atoms with Crippen molar-refractivity contribution in [2.75, 3.05) is 0 Å². The van der Waals surface area contributed by atoms with Crippen LogP contribution in [0, 0.1) is 0 Å². The number of nitrogens with one attached hydrogen (secondary N) is 1. The quantitative estimate of drug-likeness (QED) is 0.883. The van der Waals surface area contributed by atoms with E-state index in [1.807, 2.05) is 24.3 Å². The van der Waals surface area contributed by atoms with Crippen LogP contribution < -0.4 is 10.3 Å². The van der Waals surface area contributed by atoms with Gasteiger partial charge in [0.15, 0.2) is 0 Å². The molecule has 2 rings (SSSR count). The third-order valence-corrected chi connectivity index (χ3v) is 2.61. The molecule has 0 atom stereocenters. The maximum Gasteiger partial charge on any atom is 0.311 e. The molecule has 18 heavy (non-hydrogen) atoms. The van der Waals surface area contributed by atoms with E-state index >= 15 is 0 Å². The molecule has 0 saturated heterocycles. The average molecular weight is 244 g/mol. The maximum absolute atomic E-state index is 11.4. The van der Waals surface area contributed by atoms with Crippen molar-refractivity contribution in [2.24, 2.45) is 0 Å². The van der Waals surface area contributed by atoms with E-state index in [9.17, 15) is 4.79 Å². The first-order valence-corrected chi connectivity index (χ1v) is 5.79. The molecule has 0 radical (unpaired) electrons. The van der Waals surface area contributed by atoms with E-state index in [4.69, 9.17) is 4.74 Å². The molecule has 94 valence electrons. The summed E-state index contributed by atoms with van der Waals surface area (Å²) in [4.78, 5) is 17.8. The number of aromatic amines is 1. The molecule has 4 nitrogen and oxygen atoms in total. The minimum absolute atomic E-state index is 0.0565. The molecule has 4 heteroatoms. The van der Waals surface area contributed by atoms with Crippen molar-refractivity contribution in [1.29, 1.82) is 0 Å². The van der Waals surface area contributed by atoms with Crippen LogP contribution in [0.4, 0.5) is 0 Å². The summed E-state index contributed by atoms with van der Waals surface area (Å²) in [6.45, 7) is 6.44. The van der Waals surface area contributed by atoms with Crippen LogP contribution in [0.5, 0.6) is 11.6 Å². The van der Waals surface area contributed by atoms with Gasteiger partial charge >= 0.3 is 5.56 Å². The highest BCUT2D eigenvalue weighted by atomic mass is 16.5. The number of benzene rings is 1. The van der Waals surface area contributed by atoms with Crippen molar-refractivity contribution in [3.8, 4) is 11.6 Å². The van der Waals surface area contributed by atoms with Gasteiger partial charge in [-0.05, 0) is 23.1 Å². The van der Waals surface area contributed by atoms with Crippen LogP contribution >= 0.6 is 0 Å². The first kappa shape index (κ1) is 12.4. The number of ether oxygens (including phenoxy) is 1. The summed E-state index contributed by atoms with van der Waals surface area (Å²) in [5, 5.41) is 0. The molecule has 0 aliphatic carbocycles. The van der Waals surface area contributed by atoms with Gasteiger partial charge in [0.25, 0.3) is 5.88 Å². The van der Waals surface area contributed by atoms with Gasteiger partial charge in [-0.15, -0.1) is 0 Å². The van der Waals surface area contributed by atoms with Crippen LogP contribution in [-0.4, -0.2) is 9.97 Å². The van der Waals surface area contributed by atoms with Gasteiger partial charge < -0.3 is 9.72 Å². The molecule has 1 heterocycles. The molecular formula is C14H16N2O2. The van der Waals surface area contributed by atoms with E-state index in [2.05, 4.69) is 30.7 Å². The second-order valence-electron chi connectivity index (χ2n) is 5.10.